The van der Waals surface area contributed by atoms with Crippen LogP contribution in [-0.2, 0) is 11.3 Å². The van der Waals surface area contributed by atoms with E-state index in [-0.39, 0.29) is 18.1 Å². The first-order valence-corrected chi connectivity index (χ1v) is 7.05. The highest BCUT2D eigenvalue weighted by Crippen LogP contribution is 2.19. The lowest BCUT2D eigenvalue weighted by molar-refractivity contribution is -0.0203. The summed E-state index contributed by atoms with van der Waals surface area (Å²) >= 11 is 0. The van der Waals surface area contributed by atoms with E-state index in [0.29, 0.717) is 18.8 Å². The van der Waals surface area contributed by atoms with E-state index in [0.717, 1.165) is 18.7 Å². The molecule has 112 valence electrons. The van der Waals surface area contributed by atoms with Gasteiger partial charge >= 0.3 is 0 Å². The molecule has 3 N–H and O–H groups in total. The molecule has 0 aromatic heterocycles. The zero-order valence-electron chi connectivity index (χ0n) is 11.7. The van der Waals surface area contributed by atoms with Gasteiger partial charge in [0.2, 0.25) is 0 Å². The smallest absolute Gasteiger partial charge is 0.148 e. The molecule has 1 aromatic carbocycles. The zero-order chi connectivity index (χ0) is 14.7. The first kappa shape index (κ1) is 14.0. The predicted octanol–water partition coefficient (Wildman–Crippen LogP) is 0.827. The minimum atomic E-state index is -0.234. The van der Waals surface area contributed by atoms with E-state index in [2.05, 4.69) is 10.3 Å². The van der Waals surface area contributed by atoms with Crippen molar-refractivity contribution in [3.05, 3.63) is 47.5 Å². The number of ether oxygens (including phenoxy) is 1. The monoisotopic (exact) mass is 290 g/mol. The van der Waals surface area contributed by atoms with Gasteiger partial charge in [-0.1, -0.05) is 12.1 Å². The molecule has 0 bridgehead atoms. The molecule has 2 heterocycles. The Morgan fingerprint density at radius 3 is 2.90 bits per heavy atom. The van der Waals surface area contributed by atoms with Crippen LogP contribution in [0, 0.1) is 5.82 Å². The predicted molar refractivity (Wildman–Crippen MR) is 79.1 cm³/mol. The Balaban J connectivity index is 1.75. The molecule has 2 aliphatic heterocycles. The number of allylic oxidation sites excluding steroid dienone is 1. The van der Waals surface area contributed by atoms with Crippen LogP contribution in [0.5, 0.6) is 0 Å². The van der Waals surface area contributed by atoms with Gasteiger partial charge in [-0.2, -0.15) is 0 Å². The van der Waals surface area contributed by atoms with Crippen molar-refractivity contribution in [3.8, 4) is 0 Å². The maximum atomic E-state index is 13.0. The maximum Gasteiger partial charge on any atom is 0.148 e. The molecular formula is C15H19FN4O. The summed E-state index contributed by atoms with van der Waals surface area (Å²) < 4.78 is 18.8. The molecule has 0 aliphatic carbocycles. The Bertz CT molecular complexity index is 537. The molecule has 21 heavy (non-hydrogen) atoms. The quantitative estimate of drug-likeness (QED) is 0.865. The van der Waals surface area contributed by atoms with Gasteiger partial charge in [0.05, 0.1) is 12.3 Å². The number of benzene rings is 1. The Labute approximate surface area is 123 Å². The van der Waals surface area contributed by atoms with Gasteiger partial charge < -0.3 is 20.7 Å². The third-order valence-corrected chi connectivity index (χ3v) is 3.60. The van der Waals surface area contributed by atoms with Gasteiger partial charge in [0.25, 0.3) is 0 Å². The van der Waals surface area contributed by atoms with Crippen LogP contribution in [0.2, 0.25) is 0 Å². The van der Waals surface area contributed by atoms with E-state index in [1.807, 2.05) is 11.1 Å². The fourth-order valence-corrected chi connectivity index (χ4v) is 2.58. The first-order valence-electron chi connectivity index (χ1n) is 7.05. The average molecular weight is 290 g/mol. The summed E-state index contributed by atoms with van der Waals surface area (Å²) in [5, 5.41) is 3.31. The number of halogens is 1. The van der Waals surface area contributed by atoms with Gasteiger partial charge in [-0.3, -0.25) is 4.99 Å². The van der Waals surface area contributed by atoms with Gasteiger partial charge in [0.1, 0.15) is 18.1 Å². The van der Waals surface area contributed by atoms with Crippen molar-refractivity contribution in [2.24, 2.45) is 10.7 Å². The number of rotatable bonds is 3. The average Bonchev–Trinajstić information content (AvgIpc) is 2.51. The van der Waals surface area contributed by atoms with Crippen LogP contribution in [-0.4, -0.2) is 43.1 Å². The van der Waals surface area contributed by atoms with Gasteiger partial charge in [-0.15, -0.1) is 0 Å². The van der Waals surface area contributed by atoms with Gasteiger partial charge in [0.15, 0.2) is 0 Å². The lowest BCUT2D eigenvalue weighted by Crippen LogP contribution is -2.51. The number of hydrogen-bond donors (Lipinski definition) is 2. The summed E-state index contributed by atoms with van der Waals surface area (Å²) in [5.41, 5.74) is 7.46. The molecule has 0 radical (unpaired) electrons. The minimum absolute atomic E-state index is 0.0141. The van der Waals surface area contributed by atoms with Crippen molar-refractivity contribution >= 4 is 6.21 Å². The Morgan fingerprint density at radius 1 is 1.38 bits per heavy atom. The van der Waals surface area contributed by atoms with E-state index in [1.54, 1.807) is 18.3 Å². The number of nitrogens with one attached hydrogen (secondary N) is 1. The lowest BCUT2D eigenvalue weighted by atomic mass is 10.1. The second kappa shape index (κ2) is 6.24. The highest BCUT2D eigenvalue weighted by atomic mass is 19.1. The Morgan fingerprint density at radius 2 is 2.19 bits per heavy atom. The van der Waals surface area contributed by atoms with Crippen molar-refractivity contribution in [1.29, 1.82) is 0 Å². The highest BCUT2D eigenvalue weighted by Gasteiger charge is 2.29. The third kappa shape index (κ3) is 3.40. The summed E-state index contributed by atoms with van der Waals surface area (Å²) in [6.07, 6.45) is 3.41. The molecule has 0 amide bonds. The van der Waals surface area contributed by atoms with Crippen LogP contribution in [0.25, 0.3) is 0 Å². The molecule has 0 spiro atoms. The summed E-state index contributed by atoms with van der Waals surface area (Å²) in [4.78, 5) is 6.54. The van der Waals surface area contributed by atoms with E-state index < -0.39 is 0 Å². The molecule has 2 unspecified atom stereocenters. The number of nitrogens with zero attached hydrogens (tertiary/aromatic N) is 2. The molecule has 1 fully saturated rings. The molecule has 6 heteroatoms. The number of hydrogen-bond acceptors (Lipinski definition) is 5. The number of morpholine rings is 1. The second-order valence-electron chi connectivity index (χ2n) is 5.23. The molecule has 2 atom stereocenters. The van der Waals surface area contributed by atoms with Crippen molar-refractivity contribution in [2.45, 2.75) is 18.8 Å². The standard InChI is InChI=1S/C15H19FN4O/c16-12-3-1-11(2-4-12)9-20-10-13(17)7-19-15(20)14-8-18-5-6-21-14/h1-4,7,10,14-15,18H,5-6,8-9,17H2. The largest absolute Gasteiger partial charge is 0.396 e. The normalized spacial score (nSPS) is 25.8. The summed E-state index contributed by atoms with van der Waals surface area (Å²) in [6, 6.07) is 6.47. The van der Waals surface area contributed by atoms with E-state index in [4.69, 9.17) is 10.5 Å². The maximum absolute atomic E-state index is 13.0. The number of aliphatic imine (C=N–C) groups is 1. The van der Waals surface area contributed by atoms with E-state index in [1.165, 1.54) is 12.1 Å². The highest BCUT2D eigenvalue weighted by molar-refractivity contribution is 5.78. The lowest BCUT2D eigenvalue weighted by Gasteiger charge is -2.37. The topological polar surface area (TPSA) is 62.9 Å². The molecular weight excluding hydrogens is 271 g/mol. The molecule has 1 saturated heterocycles. The third-order valence-electron chi connectivity index (χ3n) is 3.60. The molecule has 3 rings (SSSR count). The van der Waals surface area contributed by atoms with E-state index in [9.17, 15) is 4.39 Å². The second-order valence-corrected chi connectivity index (χ2v) is 5.23. The minimum Gasteiger partial charge on any atom is -0.396 e. The van der Waals surface area contributed by atoms with Crippen molar-refractivity contribution in [2.75, 3.05) is 19.7 Å². The number of nitrogens with two attached hydrogens (primary N) is 1. The first-order chi connectivity index (χ1) is 10.2. The van der Waals surface area contributed by atoms with Crippen molar-refractivity contribution in [3.63, 3.8) is 0 Å². The summed E-state index contributed by atoms with van der Waals surface area (Å²) in [6.45, 7) is 2.92. The van der Waals surface area contributed by atoms with Crippen LogP contribution in [0.3, 0.4) is 0 Å². The van der Waals surface area contributed by atoms with Crippen LogP contribution in [0.4, 0.5) is 4.39 Å². The van der Waals surface area contributed by atoms with Crippen LogP contribution in [0.1, 0.15) is 5.56 Å². The molecule has 2 aliphatic rings. The Hall–Kier alpha value is -1.92. The van der Waals surface area contributed by atoms with Gasteiger partial charge in [-0.25, -0.2) is 4.39 Å². The Kier molecular flexibility index (Phi) is 4.17. The van der Waals surface area contributed by atoms with E-state index >= 15 is 0 Å². The van der Waals surface area contributed by atoms with Gasteiger partial charge in [-0.05, 0) is 17.7 Å². The van der Waals surface area contributed by atoms with Gasteiger partial charge in [0, 0.05) is 32.0 Å². The van der Waals surface area contributed by atoms with Crippen molar-refractivity contribution < 1.29 is 9.13 Å². The van der Waals surface area contributed by atoms with Crippen LogP contribution in [0.15, 0.2) is 41.2 Å². The van der Waals surface area contributed by atoms with Crippen LogP contribution >= 0.6 is 0 Å². The molecule has 1 aromatic rings. The SMILES string of the molecule is NC1=CN(Cc2ccc(F)cc2)C(C2CNCCO2)N=C1. The summed E-state index contributed by atoms with van der Waals surface area (Å²) in [5.74, 6) is -0.234. The molecule has 5 nitrogen and oxygen atoms in total. The zero-order valence-corrected chi connectivity index (χ0v) is 11.7. The summed E-state index contributed by atoms with van der Waals surface area (Å²) in [7, 11) is 0. The fraction of sp³-hybridized carbons (Fsp3) is 0.400. The molecule has 0 saturated carbocycles. The van der Waals surface area contributed by atoms with Crippen molar-refractivity contribution in [1.82, 2.24) is 10.2 Å². The fourth-order valence-electron chi connectivity index (χ4n) is 2.58. The van der Waals surface area contributed by atoms with Crippen LogP contribution < -0.4 is 11.1 Å².